The summed E-state index contributed by atoms with van der Waals surface area (Å²) < 4.78 is 0. The number of hydrogen-bond acceptors (Lipinski definition) is 2. The Morgan fingerprint density at radius 3 is 2.53 bits per heavy atom. The van der Waals surface area contributed by atoms with Crippen LogP contribution in [0.1, 0.15) is 72.1 Å². The fourth-order valence-electron chi connectivity index (χ4n) is 4.22. The summed E-state index contributed by atoms with van der Waals surface area (Å²) in [5, 5.41) is 3.71. The van der Waals surface area contributed by atoms with Gasteiger partial charge in [0.25, 0.3) is 0 Å². The van der Waals surface area contributed by atoms with E-state index in [0.717, 1.165) is 24.0 Å². The molecule has 1 aliphatic carbocycles. The Balaban J connectivity index is 1.81. The van der Waals surface area contributed by atoms with Crippen LogP contribution in [0.5, 0.6) is 0 Å². The maximum Gasteiger partial charge on any atom is 0.00980 e. The van der Waals surface area contributed by atoms with E-state index < -0.39 is 0 Å². The van der Waals surface area contributed by atoms with Crippen molar-refractivity contribution in [3.63, 3.8) is 0 Å². The third-order valence-corrected chi connectivity index (χ3v) is 5.47. The van der Waals surface area contributed by atoms with Gasteiger partial charge in [-0.3, -0.25) is 4.90 Å². The zero-order chi connectivity index (χ0) is 13.7. The summed E-state index contributed by atoms with van der Waals surface area (Å²) in [6.45, 7) is 9.69. The van der Waals surface area contributed by atoms with Gasteiger partial charge in [-0.15, -0.1) is 0 Å². The maximum absolute atomic E-state index is 3.71. The molecular weight excluding hydrogens is 232 g/mol. The van der Waals surface area contributed by atoms with E-state index in [4.69, 9.17) is 0 Å². The lowest BCUT2D eigenvalue weighted by atomic mass is 9.82. The molecule has 2 rings (SSSR count). The first-order chi connectivity index (χ1) is 9.22. The Hall–Kier alpha value is -0.0800. The smallest absolute Gasteiger partial charge is 0.00980 e. The van der Waals surface area contributed by atoms with E-state index in [2.05, 4.69) is 31.0 Å². The highest BCUT2D eigenvalue weighted by Crippen LogP contribution is 2.31. The standard InChI is InChI=1S/C17H34N2/c1-4-11-18-17-10-12-19(14(2)13-17)15(3)16-8-6-5-7-9-16/h14-18H,4-13H2,1-3H3. The molecule has 0 bridgehead atoms. The molecule has 1 saturated heterocycles. The zero-order valence-electron chi connectivity index (χ0n) is 13.3. The minimum absolute atomic E-state index is 0.764. The number of nitrogens with one attached hydrogen (secondary N) is 1. The third kappa shape index (κ3) is 4.19. The highest BCUT2D eigenvalue weighted by molar-refractivity contribution is 4.88. The van der Waals surface area contributed by atoms with Crippen LogP contribution in [0.4, 0.5) is 0 Å². The van der Waals surface area contributed by atoms with Crippen molar-refractivity contribution in [3.8, 4) is 0 Å². The van der Waals surface area contributed by atoms with Crippen molar-refractivity contribution in [3.05, 3.63) is 0 Å². The molecule has 112 valence electrons. The highest BCUT2D eigenvalue weighted by Gasteiger charge is 2.32. The summed E-state index contributed by atoms with van der Waals surface area (Å²) in [6, 6.07) is 2.34. The molecule has 2 heteroatoms. The summed E-state index contributed by atoms with van der Waals surface area (Å²) in [6.07, 6.45) is 11.3. The molecule has 1 heterocycles. The van der Waals surface area contributed by atoms with Crippen LogP contribution in [0.15, 0.2) is 0 Å². The number of piperidine rings is 1. The number of likely N-dealkylation sites (tertiary alicyclic amines) is 1. The molecule has 0 spiro atoms. The Bertz CT molecular complexity index is 248. The number of nitrogens with zero attached hydrogens (tertiary/aromatic N) is 1. The predicted molar refractivity (Wildman–Crippen MR) is 83.5 cm³/mol. The molecule has 0 amide bonds. The van der Waals surface area contributed by atoms with Crippen molar-refractivity contribution in [1.29, 1.82) is 0 Å². The molecule has 0 aromatic carbocycles. The van der Waals surface area contributed by atoms with Crippen LogP contribution < -0.4 is 5.32 Å². The van der Waals surface area contributed by atoms with Gasteiger partial charge >= 0.3 is 0 Å². The summed E-state index contributed by atoms with van der Waals surface area (Å²) in [5.74, 6) is 0.969. The second-order valence-corrected chi connectivity index (χ2v) is 6.90. The lowest BCUT2D eigenvalue weighted by molar-refractivity contribution is 0.0545. The van der Waals surface area contributed by atoms with E-state index in [9.17, 15) is 0 Å². The Labute approximate surface area is 120 Å². The minimum atomic E-state index is 0.764. The van der Waals surface area contributed by atoms with E-state index in [0.29, 0.717) is 0 Å². The Morgan fingerprint density at radius 2 is 1.89 bits per heavy atom. The van der Waals surface area contributed by atoms with Gasteiger partial charge in [-0.05, 0) is 58.4 Å². The van der Waals surface area contributed by atoms with E-state index in [1.165, 1.54) is 64.5 Å². The zero-order valence-corrected chi connectivity index (χ0v) is 13.3. The Kier molecular flexibility index (Phi) is 6.15. The normalized spacial score (nSPS) is 32.4. The molecule has 2 aliphatic rings. The van der Waals surface area contributed by atoms with Gasteiger partial charge in [0, 0.05) is 24.7 Å². The van der Waals surface area contributed by atoms with Crippen LogP contribution in [0.3, 0.4) is 0 Å². The van der Waals surface area contributed by atoms with Crippen molar-refractivity contribution in [2.24, 2.45) is 5.92 Å². The monoisotopic (exact) mass is 266 g/mol. The van der Waals surface area contributed by atoms with Crippen molar-refractivity contribution in [1.82, 2.24) is 10.2 Å². The molecule has 0 radical (unpaired) electrons. The van der Waals surface area contributed by atoms with Crippen LogP contribution in [-0.2, 0) is 0 Å². The largest absolute Gasteiger partial charge is 0.314 e. The molecule has 3 atom stereocenters. The van der Waals surface area contributed by atoms with Gasteiger partial charge in [0.2, 0.25) is 0 Å². The van der Waals surface area contributed by atoms with Gasteiger partial charge in [0.15, 0.2) is 0 Å². The fraction of sp³-hybridized carbons (Fsp3) is 1.00. The van der Waals surface area contributed by atoms with Crippen molar-refractivity contribution < 1.29 is 0 Å². The molecule has 2 nitrogen and oxygen atoms in total. The van der Waals surface area contributed by atoms with E-state index >= 15 is 0 Å². The summed E-state index contributed by atoms with van der Waals surface area (Å²) in [5.41, 5.74) is 0. The molecule has 0 aromatic heterocycles. The molecule has 1 aliphatic heterocycles. The molecule has 1 N–H and O–H groups in total. The SMILES string of the molecule is CCCNC1CCN(C(C)C2CCCCC2)C(C)C1. The van der Waals surface area contributed by atoms with Crippen LogP contribution in [0, 0.1) is 5.92 Å². The van der Waals surface area contributed by atoms with E-state index in [-0.39, 0.29) is 0 Å². The van der Waals surface area contributed by atoms with Crippen molar-refractivity contribution in [2.45, 2.75) is 90.3 Å². The molecular formula is C17H34N2. The van der Waals surface area contributed by atoms with Crippen LogP contribution in [0.2, 0.25) is 0 Å². The Morgan fingerprint density at radius 1 is 1.16 bits per heavy atom. The molecule has 19 heavy (non-hydrogen) atoms. The van der Waals surface area contributed by atoms with Gasteiger partial charge in [-0.1, -0.05) is 26.2 Å². The first kappa shape index (κ1) is 15.3. The van der Waals surface area contributed by atoms with Crippen LogP contribution in [-0.4, -0.2) is 36.1 Å². The average molecular weight is 266 g/mol. The fourth-order valence-corrected chi connectivity index (χ4v) is 4.22. The first-order valence-electron chi connectivity index (χ1n) is 8.71. The van der Waals surface area contributed by atoms with Gasteiger partial charge in [0.05, 0.1) is 0 Å². The summed E-state index contributed by atoms with van der Waals surface area (Å²) in [7, 11) is 0. The van der Waals surface area contributed by atoms with Gasteiger partial charge < -0.3 is 5.32 Å². The molecule has 2 fully saturated rings. The molecule has 0 aromatic rings. The lowest BCUT2D eigenvalue weighted by Crippen LogP contribution is -2.52. The van der Waals surface area contributed by atoms with Gasteiger partial charge in [-0.25, -0.2) is 0 Å². The van der Waals surface area contributed by atoms with Crippen LogP contribution >= 0.6 is 0 Å². The third-order valence-electron chi connectivity index (χ3n) is 5.47. The molecule has 3 unspecified atom stereocenters. The topological polar surface area (TPSA) is 15.3 Å². The van der Waals surface area contributed by atoms with E-state index in [1.807, 2.05) is 0 Å². The van der Waals surface area contributed by atoms with Crippen molar-refractivity contribution in [2.75, 3.05) is 13.1 Å². The minimum Gasteiger partial charge on any atom is -0.314 e. The average Bonchev–Trinajstić information content (AvgIpc) is 2.45. The lowest BCUT2D eigenvalue weighted by Gasteiger charge is -2.45. The maximum atomic E-state index is 3.71. The molecule has 1 saturated carbocycles. The van der Waals surface area contributed by atoms with E-state index in [1.54, 1.807) is 0 Å². The predicted octanol–water partition coefficient (Wildman–Crippen LogP) is 3.81. The van der Waals surface area contributed by atoms with Gasteiger partial charge in [-0.2, -0.15) is 0 Å². The van der Waals surface area contributed by atoms with Crippen molar-refractivity contribution >= 4 is 0 Å². The summed E-state index contributed by atoms with van der Waals surface area (Å²) in [4.78, 5) is 2.81. The number of hydrogen-bond donors (Lipinski definition) is 1. The quantitative estimate of drug-likeness (QED) is 0.814. The number of rotatable bonds is 5. The summed E-state index contributed by atoms with van der Waals surface area (Å²) >= 11 is 0. The first-order valence-corrected chi connectivity index (χ1v) is 8.71. The highest BCUT2D eigenvalue weighted by atomic mass is 15.2. The second kappa shape index (κ2) is 7.64. The van der Waals surface area contributed by atoms with Crippen LogP contribution in [0.25, 0.3) is 0 Å². The second-order valence-electron chi connectivity index (χ2n) is 6.90. The van der Waals surface area contributed by atoms with Gasteiger partial charge in [0.1, 0.15) is 0 Å².